The van der Waals surface area contributed by atoms with Crippen LogP contribution in [-0.2, 0) is 24.3 Å². The number of anilines is 1. The van der Waals surface area contributed by atoms with E-state index in [2.05, 4.69) is 9.46 Å². The van der Waals surface area contributed by atoms with E-state index < -0.39 is 28.1 Å². The number of nitrogens with one attached hydrogen (secondary N) is 1. The van der Waals surface area contributed by atoms with Gasteiger partial charge >= 0.3 is 11.9 Å². The number of hydrogen-bond donors (Lipinski definition) is 1. The molecular formula is C19H19NO7S. The molecule has 0 amide bonds. The zero-order valence-electron chi connectivity index (χ0n) is 15.5. The molecule has 2 rings (SSSR count). The Kier molecular flexibility index (Phi) is 6.53. The highest BCUT2D eigenvalue weighted by Crippen LogP contribution is 2.18. The molecular weight excluding hydrogens is 386 g/mol. The first-order chi connectivity index (χ1) is 13.1. The number of rotatable bonds is 7. The minimum atomic E-state index is -3.86. The molecule has 1 N–H and O–H groups in total. The van der Waals surface area contributed by atoms with Crippen molar-refractivity contribution < 1.29 is 32.3 Å². The number of sulfonamides is 1. The average molecular weight is 405 g/mol. The Morgan fingerprint density at radius 3 is 1.96 bits per heavy atom. The van der Waals surface area contributed by atoms with Crippen molar-refractivity contribution in [1.29, 1.82) is 0 Å². The van der Waals surface area contributed by atoms with Crippen molar-refractivity contribution in [3.63, 3.8) is 0 Å². The second kappa shape index (κ2) is 8.66. The van der Waals surface area contributed by atoms with Gasteiger partial charge in [0, 0.05) is 11.3 Å². The molecule has 0 saturated heterocycles. The summed E-state index contributed by atoms with van der Waals surface area (Å²) < 4.78 is 36.6. The van der Waals surface area contributed by atoms with Crippen LogP contribution in [0.4, 0.5) is 5.69 Å². The lowest BCUT2D eigenvalue weighted by Gasteiger charge is -2.12. The Morgan fingerprint density at radius 1 is 0.929 bits per heavy atom. The summed E-state index contributed by atoms with van der Waals surface area (Å²) in [6.45, 7) is 2.77. The van der Waals surface area contributed by atoms with Gasteiger partial charge in [-0.15, -0.1) is 0 Å². The minimum absolute atomic E-state index is 0.00658. The summed E-state index contributed by atoms with van der Waals surface area (Å²) in [7, 11) is -2.68. The molecule has 0 radical (unpaired) electrons. The zero-order valence-corrected chi connectivity index (χ0v) is 16.3. The third-order valence-electron chi connectivity index (χ3n) is 3.76. The van der Waals surface area contributed by atoms with Gasteiger partial charge in [-0.2, -0.15) is 0 Å². The fraction of sp³-hybridized carbons (Fsp3) is 0.211. The lowest BCUT2D eigenvalue weighted by Crippen LogP contribution is -2.25. The SMILES string of the molecule is COC(=O)[C@H](C)OC(=O)c1ccc(NS(=O)(=O)c2ccc(C(C)=O)cc2)cc1. The maximum atomic E-state index is 12.4. The fourth-order valence-electron chi connectivity index (χ4n) is 2.20. The largest absolute Gasteiger partial charge is 0.466 e. The van der Waals surface area contributed by atoms with Gasteiger partial charge in [-0.3, -0.25) is 9.52 Å². The molecule has 8 nitrogen and oxygen atoms in total. The van der Waals surface area contributed by atoms with E-state index in [1.54, 1.807) is 0 Å². The van der Waals surface area contributed by atoms with E-state index in [0.717, 1.165) is 0 Å². The Morgan fingerprint density at radius 2 is 1.46 bits per heavy atom. The first-order valence-electron chi connectivity index (χ1n) is 8.16. The van der Waals surface area contributed by atoms with Crippen LogP contribution < -0.4 is 4.72 Å². The number of ketones is 1. The van der Waals surface area contributed by atoms with Gasteiger partial charge < -0.3 is 9.47 Å². The monoisotopic (exact) mass is 405 g/mol. The fourth-order valence-corrected chi connectivity index (χ4v) is 3.26. The summed E-state index contributed by atoms with van der Waals surface area (Å²) in [5, 5.41) is 0. The third kappa shape index (κ3) is 5.17. The predicted molar refractivity (Wildman–Crippen MR) is 101 cm³/mol. The molecule has 0 saturated carbocycles. The highest BCUT2D eigenvalue weighted by atomic mass is 32.2. The van der Waals surface area contributed by atoms with Crippen LogP contribution in [0.3, 0.4) is 0 Å². The number of ether oxygens (including phenoxy) is 2. The van der Waals surface area contributed by atoms with Crippen molar-refractivity contribution in [3.05, 3.63) is 59.7 Å². The quantitative estimate of drug-likeness (QED) is 0.555. The van der Waals surface area contributed by atoms with Crippen molar-refractivity contribution in [2.75, 3.05) is 11.8 Å². The molecule has 28 heavy (non-hydrogen) atoms. The highest BCUT2D eigenvalue weighted by Gasteiger charge is 2.20. The second-order valence-electron chi connectivity index (χ2n) is 5.83. The van der Waals surface area contributed by atoms with Gasteiger partial charge in [0.05, 0.1) is 17.6 Å². The number of hydrogen-bond acceptors (Lipinski definition) is 7. The average Bonchev–Trinajstić information content (AvgIpc) is 2.67. The van der Waals surface area contributed by atoms with Crippen molar-refractivity contribution in [2.45, 2.75) is 24.8 Å². The number of esters is 2. The van der Waals surface area contributed by atoms with Gasteiger partial charge in [0.2, 0.25) is 0 Å². The van der Waals surface area contributed by atoms with Crippen LogP contribution in [0.5, 0.6) is 0 Å². The Balaban J connectivity index is 2.09. The van der Waals surface area contributed by atoms with E-state index in [9.17, 15) is 22.8 Å². The van der Waals surface area contributed by atoms with Gasteiger partial charge in [0.15, 0.2) is 11.9 Å². The topological polar surface area (TPSA) is 116 Å². The lowest BCUT2D eigenvalue weighted by atomic mass is 10.2. The van der Waals surface area contributed by atoms with Crippen molar-refractivity contribution in [1.82, 2.24) is 0 Å². The first-order valence-corrected chi connectivity index (χ1v) is 9.65. The molecule has 0 aliphatic heterocycles. The molecule has 0 aliphatic carbocycles. The summed E-state index contributed by atoms with van der Waals surface area (Å²) in [6.07, 6.45) is -1.06. The summed E-state index contributed by atoms with van der Waals surface area (Å²) in [4.78, 5) is 34.5. The van der Waals surface area contributed by atoms with Crippen LogP contribution in [-0.4, -0.2) is 39.4 Å². The van der Waals surface area contributed by atoms with Crippen LogP contribution in [0.1, 0.15) is 34.6 Å². The summed E-state index contributed by atoms with van der Waals surface area (Å²) in [5.74, 6) is -1.60. The lowest BCUT2D eigenvalue weighted by molar-refractivity contribution is -0.149. The molecule has 0 bridgehead atoms. The maximum Gasteiger partial charge on any atom is 0.346 e. The third-order valence-corrected chi connectivity index (χ3v) is 5.16. The normalized spacial score (nSPS) is 12.0. The van der Waals surface area contributed by atoms with Gasteiger partial charge in [0.25, 0.3) is 10.0 Å². The van der Waals surface area contributed by atoms with Gasteiger partial charge in [-0.05, 0) is 50.2 Å². The predicted octanol–water partition coefficient (Wildman–Crippen LogP) is 2.41. The smallest absolute Gasteiger partial charge is 0.346 e. The molecule has 0 fully saturated rings. The summed E-state index contributed by atoms with van der Waals surface area (Å²) in [5.41, 5.74) is 0.778. The maximum absolute atomic E-state index is 12.4. The van der Waals surface area contributed by atoms with E-state index in [4.69, 9.17) is 4.74 Å². The summed E-state index contributed by atoms with van der Waals surface area (Å²) >= 11 is 0. The van der Waals surface area contributed by atoms with Gasteiger partial charge in [-0.1, -0.05) is 12.1 Å². The molecule has 2 aromatic rings. The molecule has 2 aromatic carbocycles. The summed E-state index contributed by atoms with van der Waals surface area (Å²) in [6, 6.07) is 11.0. The second-order valence-corrected chi connectivity index (χ2v) is 7.52. The Hall–Kier alpha value is -3.20. The Labute approximate surface area is 162 Å². The number of Topliss-reactive ketones (excluding diaryl/α,β-unsaturated/α-hetero) is 1. The van der Waals surface area contributed by atoms with Crippen LogP contribution in [0.15, 0.2) is 53.4 Å². The highest BCUT2D eigenvalue weighted by molar-refractivity contribution is 7.92. The first kappa shape index (κ1) is 21.1. The number of carbonyl (C=O) groups excluding carboxylic acids is 3. The minimum Gasteiger partial charge on any atom is -0.466 e. The molecule has 1 atom stereocenters. The molecule has 0 spiro atoms. The molecule has 148 valence electrons. The van der Waals surface area contributed by atoms with Crippen molar-refractivity contribution in [3.8, 4) is 0 Å². The number of benzene rings is 2. The van der Waals surface area contributed by atoms with Crippen LogP contribution in [0.2, 0.25) is 0 Å². The van der Waals surface area contributed by atoms with Crippen LogP contribution in [0.25, 0.3) is 0 Å². The molecule has 0 aliphatic rings. The molecule has 0 heterocycles. The van der Waals surface area contributed by atoms with Gasteiger partial charge in [-0.25, -0.2) is 18.0 Å². The van der Waals surface area contributed by atoms with E-state index in [1.165, 1.54) is 69.5 Å². The number of methoxy groups -OCH3 is 1. The zero-order chi connectivity index (χ0) is 20.9. The Bertz CT molecular complexity index is 980. The molecule has 0 aromatic heterocycles. The van der Waals surface area contributed by atoms with Crippen LogP contribution >= 0.6 is 0 Å². The van der Waals surface area contributed by atoms with E-state index in [0.29, 0.717) is 5.56 Å². The van der Waals surface area contributed by atoms with Gasteiger partial charge in [0.1, 0.15) is 0 Å². The number of carbonyl (C=O) groups is 3. The standard InChI is InChI=1S/C19H19NO7S/c1-12(21)14-6-10-17(11-7-14)28(24,25)20-16-8-4-15(5-9-16)19(23)27-13(2)18(22)26-3/h4-11,13,20H,1-3H3/t13-/m0/s1. The molecule has 0 unspecified atom stereocenters. The van der Waals surface area contributed by atoms with Crippen LogP contribution in [0, 0.1) is 0 Å². The van der Waals surface area contributed by atoms with E-state index in [-0.39, 0.29) is 21.9 Å². The van der Waals surface area contributed by atoms with E-state index in [1.807, 2.05) is 0 Å². The molecule has 9 heteroatoms. The van der Waals surface area contributed by atoms with Crippen molar-refractivity contribution in [2.24, 2.45) is 0 Å². The van der Waals surface area contributed by atoms with Crippen molar-refractivity contribution >= 4 is 33.4 Å². The van der Waals surface area contributed by atoms with E-state index >= 15 is 0 Å².